The molecule has 1 heterocycles. The highest BCUT2D eigenvalue weighted by atomic mass is 35.5. The number of methoxy groups -OCH3 is 1. The Morgan fingerprint density at radius 1 is 1.29 bits per heavy atom. The molecule has 1 N–H and O–H groups in total. The molecule has 5 heteroatoms. The predicted molar refractivity (Wildman–Crippen MR) is 87.4 cm³/mol. The zero-order valence-electron chi connectivity index (χ0n) is 12.1. The lowest BCUT2D eigenvalue weighted by Crippen LogP contribution is -2.25. The lowest BCUT2D eigenvalue weighted by atomic mass is 10.0. The molecule has 0 radical (unpaired) electrons. The normalized spacial score (nSPS) is 12.2. The van der Waals surface area contributed by atoms with E-state index in [9.17, 15) is 0 Å². The molecule has 0 spiro atoms. The molecule has 0 aliphatic heterocycles. The molecule has 1 atom stereocenters. The summed E-state index contributed by atoms with van der Waals surface area (Å²) in [4.78, 5) is 4.42. The minimum atomic E-state index is -0.160. The first kappa shape index (κ1) is 16.1. The van der Waals surface area contributed by atoms with Gasteiger partial charge in [-0.15, -0.1) is 0 Å². The molecule has 2 aromatic rings. The van der Waals surface area contributed by atoms with E-state index in [1.54, 1.807) is 19.4 Å². The summed E-state index contributed by atoms with van der Waals surface area (Å²) in [6, 6.07) is 9.04. The second-order valence-electron chi connectivity index (χ2n) is 4.64. The van der Waals surface area contributed by atoms with Crippen molar-refractivity contribution in [3.05, 3.63) is 57.8 Å². The molecular weight excluding hydrogens is 307 g/mol. The summed E-state index contributed by atoms with van der Waals surface area (Å²) in [7, 11) is 1.64. The number of pyridine rings is 1. The number of halogens is 2. The third kappa shape index (κ3) is 3.88. The van der Waals surface area contributed by atoms with Crippen LogP contribution in [0.2, 0.25) is 10.0 Å². The Bertz CT molecular complexity index is 605. The van der Waals surface area contributed by atoms with Crippen LogP contribution in [0.15, 0.2) is 36.5 Å². The van der Waals surface area contributed by atoms with E-state index < -0.39 is 0 Å². The molecule has 0 amide bonds. The Morgan fingerprint density at radius 3 is 2.76 bits per heavy atom. The van der Waals surface area contributed by atoms with E-state index in [4.69, 9.17) is 27.9 Å². The van der Waals surface area contributed by atoms with Gasteiger partial charge in [0.2, 0.25) is 0 Å². The minimum Gasteiger partial charge on any atom is -0.496 e. The van der Waals surface area contributed by atoms with Gasteiger partial charge >= 0.3 is 0 Å². The fourth-order valence-corrected chi connectivity index (χ4v) is 2.59. The van der Waals surface area contributed by atoms with Crippen molar-refractivity contribution in [1.29, 1.82) is 0 Å². The van der Waals surface area contributed by atoms with Crippen molar-refractivity contribution in [3.63, 3.8) is 0 Å². The van der Waals surface area contributed by atoms with Crippen molar-refractivity contribution in [3.8, 4) is 5.75 Å². The van der Waals surface area contributed by atoms with E-state index in [1.165, 1.54) is 0 Å². The van der Waals surface area contributed by atoms with Crippen LogP contribution in [-0.4, -0.2) is 18.6 Å². The fraction of sp³-hybridized carbons (Fsp3) is 0.312. The molecule has 1 aromatic carbocycles. The molecule has 3 nitrogen and oxygen atoms in total. The summed E-state index contributed by atoms with van der Waals surface area (Å²) in [5, 5.41) is 4.73. The third-order valence-corrected chi connectivity index (χ3v) is 3.72. The van der Waals surface area contributed by atoms with Gasteiger partial charge in [-0.25, -0.2) is 0 Å². The maximum absolute atomic E-state index is 6.31. The first-order chi connectivity index (χ1) is 10.2. The van der Waals surface area contributed by atoms with Crippen LogP contribution in [-0.2, 0) is 0 Å². The van der Waals surface area contributed by atoms with Gasteiger partial charge in [0, 0.05) is 16.8 Å². The predicted octanol–water partition coefficient (Wildman–Crippen LogP) is 4.49. The number of nitrogens with one attached hydrogen (secondary N) is 1. The zero-order valence-corrected chi connectivity index (χ0v) is 13.6. The molecule has 0 saturated heterocycles. The number of hydrogen-bond donors (Lipinski definition) is 1. The van der Waals surface area contributed by atoms with Crippen LogP contribution in [0.3, 0.4) is 0 Å². The van der Waals surface area contributed by atoms with E-state index >= 15 is 0 Å². The Balaban J connectivity index is 2.50. The van der Waals surface area contributed by atoms with Gasteiger partial charge in [0.15, 0.2) is 0 Å². The molecule has 0 aliphatic carbocycles. The fourth-order valence-electron chi connectivity index (χ4n) is 2.18. The number of nitrogens with zero attached hydrogens (tertiary/aromatic N) is 1. The number of hydrogen-bond acceptors (Lipinski definition) is 3. The van der Waals surface area contributed by atoms with Crippen LogP contribution in [0.5, 0.6) is 5.75 Å². The van der Waals surface area contributed by atoms with Gasteiger partial charge in [-0.2, -0.15) is 0 Å². The summed E-state index contributed by atoms with van der Waals surface area (Å²) < 4.78 is 5.45. The second kappa shape index (κ2) is 7.64. The standard InChI is InChI=1S/C16H18Cl2N2O/c1-3-8-19-15(16-13(18)5-4-9-20-16)12-10-11(17)6-7-14(12)21-2/h4-7,9-10,15,19H,3,8H2,1-2H3. The Hall–Kier alpha value is -1.29. The maximum atomic E-state index is 6.31. The average Bonchev–Trinajstić information content (AvgIpc) is 2.49. The van der Waals surface area contributed by atoms with Gasteiger partial charge in [-0.3, -0.25) is 4.98 Å². The van der Waals surface area contributed by atoms with E-state index in [-0.39, 0.29) is 6.04 Å². The van der Waals surface area contributed by atoms with E-state index in [2.05, 4.69) is 17.2 Å². The molecule has 0 aliphatic rings. The molecule has 0 fully saturated rings. The van der Waals surface area contributed by atoms with Gasteiger partial charge in [0.25, 0.3) is 0 Å². The van der Waals surface area contributed by atoms with Gasteiger partial charge in [0.1, 0.15) is 5.75 Å². The van der Waals surface area contributed by atoms with E-state index in [0.717, 1.165) is 30.0 Å². The highest BCUT2D eigenvalue weighted by Crippen LogP contribution is 2.34. The first-order valence-electron chi connectivity index (χ1n) is 6.84. The van der Waals surface area contributed by atoms with Crippen molar-refractivity contribution in [2.24, 2.45) is 0 Å². The summed E-state index contributed by atoms with van der Waals surface area (Å²) in [5.41, 5.74) is 1.70. The smallest absolute Gasteiger partial charge is 0.124 e. The van der Waals surface area contributed by atoms with Gasteiger partial charge in [-0.1, -0.05) is 30.1 Å². The van der Waals surface area contributed by atoms with Gasteiger partial charge in [-0.05, 0) is 43.3 Å². The van der Waals surface area contributed by atoms with Gasteiger partial charge in [0.05, 0.1) is 23.9 Å². The van der Waals surface area contributed by atoms with Crippen LogP contribution in [0.4, 0.5) is 0 Å². The highest BCUT2D eigenvalue weighted by Gasteiger charge is 2.21. The molecule has 0 bridgehead atoms. The summed E-state index contributed by atoms with van der Waals surface area (Å²) in [6.07, 6.45) is 2.74. The van der Waals surface area contributed by atoms with Crippen molar-refractivity contribution in [2.45, 2.75) is 19.4 Å². The second-order valence-corrected chi connectivity index (χ2v) is 5.49. The van der Waals surface area contributed by atoms with Crippen LogP contribution >= 0.6 is 23.2 Å². The van der Waals surface area contributed by atoms with Crippen LogP contribution in [0, 0.1) is 0 Å². The average molecular weight is 325 g/mol. The number of ether oxygens (including phenoxy) is 1. The number of rotatable bonds is 6. The SMILES string of the molecule is CCCNC(c1cc(Cl)ccc1OC)c1ncccc1Cl. The van der Waals surface area contributed by atoms with Crippen molar-refractivity contribution in [2.75, 3.05) is 13.7 Å². The van der Waals surface area contributed by atoms with Crippen molar-refractivity contribution in [1.82, 2.24) is 10.3 Å². The maximum Gasteiger partial charge on any atom is 0.124 e. The minimum absolute atomic E-state index is 0.160. The third-order valence-electron chi connectivity index (χ3n) is 3.16. The number of aromatic nitrogens is 1. The molecule has 1 aromatic heterocycles. The van der Waals surface area contributed by atoms with Gasteiger partial charge < -0.3 is 10.1 Å². The molecule has 1 unspecified atom stereocenters. The Kier molecular flexibility index (Phi) is 5.85. The van der Waals surface area contributed by atoms with E-state index in [0.29, 0.717) is 10.0 Å². The Labute approximate surface area is 135 Å². The molecule has 0 saturated carbocycles. The first-order valence-corrected chi connectivity index (χ1v) is 7.60. The van der Waals surface area contributed by atoms with Crippen LogP contribution < -0.4 is 10.1 Å². The quantitative estimate of drug-likeness (QED) is 0.850. The molecule has 112 valence electrons. The van der Waals surface area contributed by atoms with Crippen LogP contribution in [0.25, 0.3) is 0 Å². The van der Waals surface area contributed by atoms with E-state index in [1.807, 2.05) is 24.3 Å². The van der Waals surface area contributed by atoms with Crippen molar-refractivity contribution < 1.29 is 4.74 Å². The highest BCUT2D eigenvalue weighted by molar-refractivity contribution is 6.31. The van der Waals surface area contributed by atoms with Crippen LogP contribution in [0.1, 0.15) is 30.6 Å². The lowest BCUT2D eigenvalue weighted by Gasteiger charge is -2.22. The monoisotopic (exact) mass is 324 g/mol. The lowest BCUT2D eigenvalue weighted by molar-refractivity contribution is 0.403. The Morgan fingerprint density at radius 2 is 2.10 bits per heavy atom. The number of benzene rings is 1. The topological polar surface area (TPSA) is 34.1 Å². The molecular formula is C16H18Cl2N2O. The summed E-state index contributed by atoms with van der Waals surface area (Å²) in [5.74, 6) is 0.759. The summed E-state index contributed by atoms with van der Waals surface area (Å²) >= 11 is 12.4. The zero-order chi connectivity index (χ0) is 15.2. The van der Waals surface area contributed by atoms with Crippen molar-refractivity contribution >= 4 is 23.2 Å². The summed E-state index contributed by atoms with van der Waals surface area (Å²) in [6.45, 7) is 2.95. The largest absolute Gasteiger partial charge is 0.496 e. The molecule has 21 heavy (non-hydrogen) atoms. The molecule has 2 rings (SSSR count).